The van der Waals surface area contributed by atoms with Crippen LogP contribution < -0.4 is 10.1 Å². The van der Waals surface area contributed by atoms with Gasteiger partial charge in [0, 0.05) is 17.8 Å². The Hall–Kier alpha value is -2.41. The van der Waals surface area contributed by atoms with Gasteiger partial charge in [0.2, 0.25) is 5.91 Å². The van der Waals surface area contributed by atoms with E-state index in [0.717, 1.165) is 30.5 Å². The summed E-state index contributed by atoms with van der Waals surface area (Å²) >= 11 is 0. The first-order valence-corrected chi connectivity index (χ1v) is 8.00. The van der Waals surface area contributed by atoms with Crippen molar-refractivity contribution in [2.24, 2.45) is 0 Å². The lowest BCUT2D eigenvalue weighted by Gasteiger charge is -2.22. The first-order valence-electron chi connectivity index (χ1n) is 8.00. The molecule has 0 saturated carbocycles. The molecular formula is C17H20FN3O3. The SMILES string of the molecule is O=C(NCC(O)COc1ccc(F)cc1)C1CCCc2[nH]ncc21. The zero-order chi connectivity index (χ0) is 16.9. The van der Waals surface area contributed by atoms with Gasteiger partial charge in [-0.25, -0.2) is 4.39 Å². The van der Waals surface area contributed by atoms with Gasteiger partial charge in [0.05, 0.1) is 12.1 Å². The molecule has 0 radical (unpaired) electrons. The highest BCUT2D eigenvalue weighted by atomic mass is 19.1. The maximum Gasteiger partial charge on any atom is 0.227 e. The molecule has 1 amide bonds. The fourth-order valence-corrected chi connectivity index (χ4v) is 2.86. The number of rotatable bonds is 6. The van der Waals surface area contributed by atoms with E-state index < -0.39 is 6.10 Å². The smallest absolute Gasteiger partial charge is 0.227 e. The summed E-state index contributed by atoms with van der Waals surface area (Å²) < 4.78 is 18.2. The van der Waals surface area contributed by atoms with Crippen LogP contribution in [0.15, 0.2) is 30.5 Å². The Labute approximate surface area is 139 Å². The predicted molar refractivity (Wildman–Crippen MR) is 85.2 cm³/mol. The zero-order valence-electron chi connectivity index (χ0n) is 13.2. The Morgan fingerprint density at radius 2 is 2.25 bits per heavy atom. The van der Waals surface area contributed by atoms with Gasteiger partial charge in [-0.05, 0) is 43.5 Å². The first-order chi connectivity index (χ1) is 11.6. The van der Waals surface area contributed by atoms with E-state index in [0.29, 0.717) is 5.75 Å². The Balaban J connectivity index is 1.45. The van der Waals surface area contributed by atoms with Gasteiger partial charge in [-0.3, -0.25) is 9.89 Å². The molecule has 2 atom stereocenters. The highest BCUT2D eigenvalue weighted by Crippen LogP contribution is 2.30. The number of hydrogen-bond donors (Lipinski definition) is 3. The van der Waals surface area contributed by atoms with Crippen LogP contribution in [0.25, 0.3) is 0 Å². The maximum absolute atomic E-state index is 12.8. The van der Waals surface area contributed by atoms with E-state index in [-0.39, 0.29) is 30.8 Å². The number of aryl methyl sites for hydroxylation is 1. The van der Waals surface area contributed by atoms with Gasteiger partial charge in [0.1, 0.15) is 24.3 Å². The number of fused-ring (bicyclic) bond motifs is 1. The Morgan fingerprint density at radius 3 is 3.04 bits per heavy atom. The fraction of sp³-hybridized carbons (Fsp3) is 0.412. The molecule has 0 bridgehead atoms. The van der Waals surface area contributed by atoms with Crippen molar-refractivity contribution in [3.8, 4) is 5.75 Å². The highest BCUT2D eigenvalue weighted by molar-refractivity contribution is 5.84. The van der Waals surface area contributed by atoms with Gasteiger partial charge in [-0.1, -0.05) is 0 Å². The molecule has 0 saturated heterocycles. The molecule has 0 spiro atoms. The number of benzene rings is 1. The van der Waals surface area contributed by atoms with Crippen LogP contribution in [0.4, 0.5) is 4.39 Å². The number of H-pyrrole nitrogens is 1. The van der Waals surface area contributed by atoms with Crippen molar-refractivity contribution in [1.29, 1.82) is 0 Å². The van der Waals surface area contributed by atoms with E-state index >= 15 is 0 Å². The molecule has 3 rings (SSSR count). The number of aromatic nitrogens is 2. The minimum atomic E-state index is -0.841. The zero-order valence-corrected chi connectivity index (χ0v) is 13.2. The molecule has 24 heavy (non-hydrogen) atoms. The fourth-order valence-electron chi connectivity index (χ4n) is 2.86. The quantitative estimate of drug-likeness (QED) is 0.748. The molecule has 2 unspecified atom stereocenters. The van der Waals surface area contributed by atoms with Crippen LogP contribution in [0.1, 0.15) is 30.0 Å². The van der Waals surface area contributed by atoms with Gasteiger partial charge in [0.15, 0.2) is 0 Å². The molecule has 7 heteroatoms. The summed E-state index contributed by atoms with van der Waals surface area (Å²) in [6.45, 7) is 0.122. The second kappa shape index (κ2) is 7.44. The van der Waals surface area contributed by atoms with E-state index in [1.807, 2.05) is 0 Å². The number of carbonyl (C=O) groups is 1. The summed E-state index contributed by atoms with van der Waals surface area (Å²) in [6.07, 6.45) is 3.48. The number of aromatic amines is 1. The number of nitrogens with zero attached hydrogens (tertiary/aromatic N) is 1. The number of hydrogen-bond acceptors (Lipinski definition) is 4. The third kappa shape index (κ3) is 3.91. The largest absolute Gasteiger partial charge is 0.491 e. The van der Waals surface area contributed by atoms with Crippen molar-refractivity contribution in [2.45, 2.75) is 31.3 Å². The van der Waals surface area contributed by atoms with Gasteiger partial charge in [-0.15, -0.1) is 0 Å². The molecule has 1 aliphatic carbocycles. The van der Waals surface area contributed by atoms with Crippen molar-refractivity contribution in [3.05, 3.63) is 47.5 Å². The lowest BCUT2D eigenvalue weighted by molar-refractivity contribution is -0.123. The summed E-state index contributed by atoms with van der Waals surface area (Å²) in [7, 11) is 0. The van der Waals surface area contributed by atoms with Crippen molar-refractivity contribution < 1.29 is 19.0 Å². The monoisotopic (exact) mass is 333 g/mol. The maximum atomic E-state index is 12.8. The first kappa shape index (κ1) is 16.4. The van der Waals surface area contributed by atoms with E-state index in [1.165, 1.54) is 24.3 Å². The third-order valence-corrected chi connectivity index (χ3v) is 4.13. The standard InChI is InChI=1S/C17H20FN3O3/c18-11-4-6-13(7-5-11)24-10-12(22)8-19-17(23)14-2-1-3-16-15(14)9-20-21-16/h4-7,9,12,14,22H,1-3,8,10H2,(H,19,23)(H,20,21). The topological polar surface area (TPSA) is 87.2 Å². The minimum absolute atomic E-state index is 0.0214. The number of carbonyl (C=O) groups excluding carboxylic acids is 1. The molecule has 1 heterocycles. The van der Waals surface area contributed by atoms with Crippen molar-refractivity contribution in [2.75, 3.05) is 13.2 Å². The second-order valence-corrected chi connectivity index (χ2v) is 5.91. The summed E-state index contributed by atoms with van der Waals surface area (Å²) in [5.74, 6) is -0.214. The number of halogens is 1. The number of ether oxygens (including phenoxy) is 1. The van der Waals surface area contributed by atoms with Crippen LogP contribution in [0.2, 0.25) is 0 Å². The number of aliphatic hydroxyl groups is 1. The van der Waals surface area contributed by atoms with Crippen LogP contribution in [0.3, 0.4) is 0 Å². The van der Waals surface area contributed by atoms with Crippen molar-refractivity contribution >= 4 is 5.91 Å². The second-order valence-electron chi connectivity index (χ2n) is 5.91. The molecule has 1 aromatic heterocycles. The Bertz CT molecular complexity index is 687. The number of amides is 1. The summed E-state index contributed by atoms with van der Waals surface area (Å²) in [5.41, 5.74) is 1.96. The van der Waals surface area contributed by atoms with E-state index in [9.17, 15) is 14.3 Å². The molecule has 1 aliphatic rings. The van der Waals surface area contributed by atoms with Crippen LogP contribution >= 0.6 is 0 Å². The normalized spacial score (nSPS) is 17.8. The summed E-state index contributed by atoms with van der Waals surface area (Å²) in [6, 6.07) is 5.55. The van der Waals surface area contributed by atoms with Crippen LogP contribution in [-0.4, -0.2) is 40.5 Å². The molecule has 2 aromatic rings. The van der Waals surface area contributed by atoms with Crippen molar-refractivity contribution in [1.82, 2.24) is 15.5 Å². The van der Waals surface area contributed by atoms with Gasteiger partial charge in [-0.2, -0.15) is 5.10 Å². The van der Waals surface area contributed by atoms with Crippen LogP contribution in [0, 0.1) is 5.82 Å². The molecular weight excluding hydrogens is 313 g/mol. The molecule has 6 nitrogen and oxygen atoms in total. The molecule has 0 fully saturated rings. The minimum Gasteiger partial charge on any atom is -0.491 e. The van der Waals surface area contributed by atoms with E-state index in [4.69, 9.17) is 4.74 Å². The van der Waals surface area contributed by atoms with Crippen LogP contribution in [-0.2, 0) is 11.2 Å². The average molecular weight is 333 g/mol. The number of aliphatic hydroxyl groups excluding tert-OH is 1. The Kier molecular flexibility index (Phi) is 5.10. The lowest BCUT2D eigenvalue weighted by Crippen LogP contribution is -2.38. The van der Waals surface area contributed by atoms with Gasteiger partial charge >= 0.3 is 0 Å². The molecule has 0 aliphatic heterocycles. The van der Waals surface area contributed by atoms with E-state index in [1.54, 1.807) is 6.20 Å². The third-order valence-electron chi connectivity index (χ3n) is 4.13. The lowest BCUT2D eigenvalue weighted by atomic mass is 9.86. The summed E-state index contributed by atoms with van der Waals surface area (Å²) in [5, 5.41) is 19.6. The van der Waals surface area contributed by atoms with Crippen molar-refractivity contribution in [3.63, 3.8) is 0 Å². The number of nitrogens with one attached hydrogen (secondary N) is 2. The molecule has 3 N–H and O–H groups in total. The predicted octanol–water partition coefficient (Wildman–Crippen LogP) is 1.52. The molecule has 128 valence electrons. The Morgan fingerprint density at radius 1 is 1.46 bits per heavy atom. The van der Waals surface area contributed by atoms with Gasteiger partial charge in [0.25, 0.3) is 0 Å². The summed E-state index contributed by atoms with van der Waals surface area (Å²) in [4.78, 5) is 12.3. The molecule has 1 aromatic carbocycles. The van der Waals surface area contributed by atoms with E-state index in [2.05, 4.69) is 15.5 Å². The highest BCUT2D eigenvalue weighted by Gasteiger charge is 2.28. The van der Waals surface area contributed by atoms with Gasteiger partial charge < -0.3 is 15.2 Å². The average Bonchev–Trinajstić information content (AvgIpc) is 3.07. The van der Waals surface area contributed by atoms with Crippen LogP contribution in [0.5, 0.6) is 5.75 Å².